The lowest BCUT2D eigenvalue weighted by atomic mass is 10.1. The third-order valence-electron chi connectivity index (χ3n) is 2.11. The van der Waals surface area contributed by atoms with Crippen LogP contribution in [-0.2, 0) is 17.6 Å². The maximum Gasteiger partial charge on any atom is 0.317 e. The average molecular weight is 257 g/mol. The van der Waals surface area contributed by atoms with E-state index in [0.29, 0.717) is 6.42 Å². The molecule has 0 saturated carbocycles. The van der Waals surface area contributed by atoms with Crippen molar-refractivity contribution >= 4 is 21.9 Å². The number of carboxylic acid groups (broad SMARTS) is 1. The zero-order valence-corrected chi connectivity index (χ0v) is 9.62. The van der Waals surface area contributed by atoms with Gasteiger partial charge < -0.3 is 5.11 Å². The molecule has 1 N–H and O–H groups in total. The Morgan fingerprint density at radius 2 is 1.86 bits per heavy atom. The van der Waals surface area contributed by atoms with Gasteiger partial charge in [-0.3, -0.25) is 4.79 Å². The lowest BCUT2D eigenvalue weighted by Crippen LogP contribution is -2.15. The first-order valence-electron chi connectivity index (χ1n) is 4.58. The van der Waals surface area contributed by atoms with Crippen molar-refractivity contribution in [3.8, 4) is 0 Å². The molecule has 0 radical (unpaired) electrons. The fourth-order valence-electron chi connectivity index (χ4n) is 1.21. The fourth-order valence-corrected chi connectivity index (χ4v) is 1.58. The predicted octanol–water partition coefficient (Wildman–Crippen LogP) is 2.64. The van der Waals surface area contributed by atoms with Gasteiger partial charge in [-0.15, -0.1) is 0 Å². The van der Waals surface area contributed by atoms with Crippen molar-refractivity contribution in [2.45, 2.75) is 24.6 Å². The van der Waals surface area contributed by atoms with Crippen molar-refractivity contribution in [3.05, 3.63) is 35.4 Å². The summed E-state index contributed by atoms with van der Waals surface area (Å²) in [5, 5.41) is 8.70. The molecule has 0 saturated heterocycles. The van der Waals surface area contributed by atoms with E-state index in [1.165, 1.54) is 5.56 Å². The van der Waals surface area contributed by atoms with Gasteiger partial charge in [0.25, 0.3) is 0 Å². The second kappa shape index (κ2) is 5.15. The molecule has 1 unspecified atom stereocenters. The summed E-state index contributed by atoms with van der Waals surface area (Å²) in [5.41, 5.74) is 2.32. The van der Waals surface area contributed by atoms with E-state index in [1.54, 1.807) is 0 Å². The molecule has 1 rings (SSSR count). The van der Waals surface area contributed by atoms with E-state index >= 15 is 0 Å². The van der Waals surface area contributed by atoms with E-state index < -0.39 is 10.8 Å². The summed E-state index contributed by atoms with van der Waals surface area (Å²) in [6.45, 7) is 2.10. The van der Waals surface area contributed by atoms with Crippen LogP contribution >= 0.6 is 15.9 Å². The molecule has 1 atom stereocenters. The van der Waals surface area contributed by atoms with Crippen molar-refractivity contribution in [1.29, 1.82) is 0 Å². The van der Waals surface area contributed by atoms with Gasteiger partial charge in [0.15, 0.2) is 0 Å². The molecule has 0 heterocycles. The fraction of sp³-hybridized carbons (Fsp3) is 0.364. The van der Waals surface area contributed by atoms with Gasteiger partial charge in [0.1, 0.15) is 4.83 Å². The molecule has 14 heavy (non-hydrogen) atoms. The van der Waals surface area contributed by atoms with Crippen LogP contribution in [0.2, 0.25) is 0 Å². The minimum absolute atomic E-state index is 0.491. The molecule has 0 aliphatic carbocycles. The van der Waals surface area contributed by atoms with Crippen molar-refractivity contribution in [2.24, 2.45) is 0 Å². The zero-order chi connectivity index (χ0) is 10.6. The van der Waals surface area contributed by atoms with E-state index in [2.05, 4.69) is 22.9 Å². The van der Waals surface area contributed by atoms with Crippen LogP contribution in [0.25, 0.3) is 0 Å². The molecule has 2 nitrogen and oxygen atoms in total. The first kappa shape index (κ1) is 11.2. The molecule has 0 aromatic heterocycles. The van der Waals surface area contributed by atoms with Gasteiger partial charge in [-0.1, -0.05) is 47.1 Å². The molecule has 0 aliphatic heterocycles. The number of aryl methyl sites for hydroxylation is 1. The first-order chi connectivity index (χ1) is 6.63. The topological polar surface area (TPSA) is 37.3 Å². The molecule has 0 bridgehead atoms. The third kappa shape index (κ3) is 3.14. The monoisotopic (exact) mass is 256 g/mol. The normalized spacial score (nSPS) is 12.4. The van der Waals surface area contributed by atoms with E-state index in [-0.39, 0.29) is 0 Å². The Balaban J connectivity index is 2.64. The predicted molar refractivity (Wildman–Crippen MR) is 59.9 cm³/mol. The molecular weight excluding hydrogens is 244 g/mol. The van der Waals surface area contributed by atoms with E-state index in [0.717, 1.165) is 12.0 Å². The smallest absolute Gasteiger partial charge is 0.317 e. The average Bonchev–Trinajstić information content (AvgIpc) is 2.19. The minimum atomic E-state index is -0.815. The van der Waals surface area contributed by atoms with Gasteiger partial charge in [0.05, 0.1) is 0 Å². The van der Waals surface area contributed by atoms with Crippen LogP contribution in [0.4, 0.5) is 0 Å². The Labute approximate surface area is 92.1 Å². The van der Waals surface area contributed by atoms with Crippen LogP contribution in [0.15, 0.2) is 24.3 Å². The Morgan fingerprint density at radius 3 is 2.29 bits per heavy atom. The second-order valence-electron chi connectivity index (χ2n) is 3.18. The molecule has 0 aliphatic rings. The van der Waals surface area contributed by atoms with Gasteiger partial charge in [0, 0.05) is 0 Å². The highest BCUT2D eigenvalue weighted by Crippen LogP contribution is 2.11. The van der Waals surface area contributed by atoms with Gasteiger partial charge in [-0.25, -0.2) is 0 Å². The number of hydrogen-bond donors (Lipinski definition) is 1. The Bertz CT molecular complexity index is 306. The quantitative estimate of drug-likeness (QED) is 0.842. The molecule has 0 fully saturated rings. The molecule has 0 spiro atoms. The van der Waals surface area contributed by atoms with E-state index in [4.69, 9.17) is 5.11 Å². The van der Waals surface area contributed by atoms with E-state index in [1.807, 2.05) is 24.3 Å². The Kier molecular flexibility index (Phi) is 4.14. The van der Waals surface area contributed by atoms with Crippen molar-refractivity contribution in [1.82, 2.24) is 0 Å². The first-order valence-corrected chi connectivity index (χ1v) is 5.49. The SMILES string of the molecule is CCc1ccc(CC(Br)C(=O)O)cc1. The lowest BCUT2D eigenvalue weighted by Gasteiger charge is -2.05. The highest BCUT2D eigenvalue weighted by atomic mass is 79.9. The summed E-state index contributed by atoms with van der Waals surface area (Å²) in [5.74, 6) is -0.815. The molecular formula is C11H13BrO2. The lowest BCUT2D eigenvalue weighted by molar-refractivity contribution is -0.136. The van der Waals surface area contributed by atoms with Crippen LogP contribution in [0.1, 0.15) is 18.1 Å². The molecule has 76 valence electrons. The van der Waals surface area contributed by atoms with Crippen LogP contribution in [0.3, 0.4) is 0 Å². The number of benzene rings is 1. The summed E-state index contributed by atoms with van der Waals surface area (Å²) >= 11 is 3.11. The second-order valence-corrected chi connectivity index (χ2v) is 4.29. The van der Waals surface area contributed by atoms with Gasteiger partial charge in [0.2, 0.25) is 0 Å². The summed E-state index contributed by atoms with van der Waals surface area (Å²) in [6.07, 6.45) is 1.54. The van der Waals surface area contributed by atoms with Gasteiger partial charge in [-0.2, -0.15) is 0 Å². The Morgan fingerprint density at radius 1 is 1.36 bits per heavy atom. The largest absolute Gasteiger partial charge is 0.480 e. The summed E-state index contributed by atoms with van der Waals surface area (Å²) in [6, 6.07) is 8.04. The maximum absolute atomic E-state index is 10.6. The summed E-state index contributed by atoms with van der Waals surface area (Å²) < 4.78 is 0. The highest BCUT2D eigenvalue weighted by Gasteiger charge is 2.12. The number of hydrogen-bond acceptors (Lipinski definition) is 1. The molecule has 1 aromatic carbocycles. The zero-order valence-electron chi connectivity index (χ0n) is 8.03. The number of carbonyl (C=O) groups is 1. The standard InChI is InChI=1S/C11H13BrO2/c1-2-8-3-5-9(6-4-8)7-10(12)11(13)14/h3-6,10H,2,7H2,1H3,(H,13,14). The van der Waals surface area contributed by atoms with Crippen molar-refractivity contribution in [2.75, 3.05) is 0 Å². The molecule has 1 aromatic rings. The van der Waals surface area contributed by atoms with Crippen LogP contribution in [-0.4, -0.2) is 15.9 Å². The van der Waals surface area contributed by atoms with E-state index in [9.17, 15) is 4.79 Å². The number of halogens is 1. The van der Waals surface area contributed by atoms with Crippen molar-refractivity contribution < 1.29 is 9.90 Å². The van der Waals surface area contributed by atoms with Crippen LogP contribution in [0.5, 0.6) is 0 Å². The maximum atomic E-state index is 10.6. The summed E-state index contributed by atoms with van der Waals surface area (Å²) in [7, 11) is 0. The number of rotatable bonds is 4. The Hall–Kier alpha value is -0.830. The third-order valence-corrected chi connectivity index (χ3v) is 2.83. The minimum Gasteiger partial charge on any atom is -0.480 e. The van der Waals surface area contributed by atoms with Crippen LogP contribution in [0, 0.1) is 0 Å². The summed E-state index contributed by atoms with van der Waals surface area (Å²) in [4.78, 5) is 10.1. The number of carboxylic acids is 1. The molecule has 0 amide bonds. The van der Waals surface area contributed by atoms with Gasteiger partial charge >= 0.3 is 5.97 Å². The number of aliphatic carboxylic acids is 1. The highest BCUT2D eigenvalue weighted by molar-refractivity contribution is 9.10. The molecule has 3 heteroatoms. The van der Waals surface area contributed by atoms with Crippen molar-refractivity contribution in [3.63, 3.8) is 0 Å². The number of alkyl halides is 1. The van der Waals surface area contributed by atoms with Gasteiger partial charge in [-0.05, 0) is 24.0 Å². The van der Waals surface area contributed by atoms with Crippen LogP contribution < -0.4 is 0 Å².